The van der Waals surface area contributed by atoms with Gasteiger partial charge in [-0.15, -0.1) is 0 Å². The zero-order valence-corrected chi connectivity index (χ0v) is 27.2. The van der Waals surface area contributed by atoms with E-state index >= 15 is 0 Å². The van der Waals surface area contributed by atoms with Gasteiger partial charge in [0, 0.05) is 51.0 Å². The first-order valence-electron chi connectivity index (χ1n) is 16.5. The number of fused-ring (bicyclic) bond motifs is 5. The Labute approximate surface area is 268 Å². The maximum atomic E-state index is 13.5. The Morgan fingerprint density at radius 3 is 2.35 bits per heavy atom. The highest BCUT2D eigenvalue weighted by Gasteiger charge is 2.71. The summed E-state index contributed by atoms with van der Waals surface area (Å²) in [7, 11) is 3.57. The Balaban J connectivity index is 0.993. The van der Waals surface area contributed by atoms with Gasteiger partial charge in [0.2, 0.25) is 5.95 Å². The lowest BCUT2D eigenvalue weighted by atomic mass is 9.68. The summed E-state index contributed by atoms with van der Waals surface area (Å²) in [5.41, 5.74) is 2.09. The first kappa shape index (κ1) is 29.2. The van der Waals surface area contributed by atoms with Crippen molar-refractivity contribution in [3.8, 4) is 0 Å². The second-order valence-corrected chi connectivity index (χ2v) is 15.5. The van der Waals surface area contributed by atoms with Gasteiger partial charge in [-0.25, -0.2) is 14.8 Å². The van der Waals surface area contributed by atoms with E-state index in [0.717, 1.165) is 30.3 Å². The van der Waals surface area contributed by atoms with E-state index in [4.69, 9.17) is 9.72 Å². The van der Waals surface area contributed by atoms with Gasteiger partial charge in [-0.2, -0.15) is 4.98 Å². The van der Waals surface area contributed by atoms with Crippen LogP contribution in [0.4, 0.5) is 16.6 Å². The molecule has 3 aromatic heterocycles. The van der Waals surface area contributed by atoms with Gasteiger partial charge in [0.05, 0.1) is 17.6 Å². The van der Waals surface area contributed by atoms with Gasteiger partial charge in [0.15, 0.2) is 0 Å². The summed E-state index contributed by atoms with van der Waals surface area (Å²) in [5, 5.41) is 4.06. The van der Waals surface area contributed by atoms with Gasteiger partial charge in [0.25, 0.3) is 11.8 Å². The molecular formula is C34H42N8O4. The van der Waals surface area contributed by atoms with Gasteiger partial charge in [0.1, 0.15) is 22.8 Å². The third-order valence-corrected chi connectivity index (χ3v) is 11.1. The molecule has 7 aliphatic rings. The summed E-state index contributed by atoms with van der Waals surface area (Å²) in [6.07, 6.45) is 10.9. The summed E-state index contributed by atoms with van der Waals surface area (Å²) in [5.74, 6) is 0.787. The van der Waals surface area contributed by atoms with Crippen molar-refractivity contribution in [2.45, 2.75) is 89.4 Å². The highest BCUT2D eigenvalue weighted by Crippen LogP contribution is 2.81. The summed E-state index contributed by atoms with van der Waals surface area (Å²) < 4.78 is 7.83. The molecule has 4 bridgehead atoms. The third-order valence-electron chi connectivity index (χ3n) is 11.1. The zero-order chi connectivity index (χ0) is 32.2. The second-order valence-electron chi connectivity index (χ2n) is 15.5. The molecule has 3 unspecified atom stereocenters. The molecule has 12 nitrogen and oxygen atoms in total. The number of ether oxygens (including phenoxy) is 1. The molecule has 5 heterocycles. The van der Waals surface area contributed by atoms with Gasteiger partial charge in [-0.1, -0.05) is 0 Å². The molecule has 0 spiro atoms. The molecule has 0 aromatic carbocycles. The van der Waals surface area contributed by atoms with Gasteiger partial charge >= 0.3 is 6.09 Å². The molecule has 1 N–H and O–H groups in total. The van der Waals surface area contributed by atoms with Crippen LogP contribution in [-0.4, -0.2) is 97.0 Å². The maximum Gasteiger partial charge on any atom is 0.410 e. The molecule has 242 valence electrons. The van der Waals surface area contributed by atoms with Crippen molar-refractivity contribution in [3.05, 3.63) is 41.9 Å². The fraction of sp³-hybridized carbons (Fsp3) is 0.588. The van der Waals surface area contributed by atoms with Crippen LogP contribution in [0.5, 0.6) is 0 Å². The molecule has 3 aromatic rings. The molecule has 3 amide bonds. The lowest BCUT2D eigenvalue weighted by molar-refractivity contribution is -0.00336. The van der Waals surface area contributed by atoms with Crippen LogP contribution in [-0.2, 0) is 4.74 Å². The lowest BCUT2D eigenvalue weighted by Crippen LogP contribution is -2.57. The minimum Gasteiger partial charge on any atom is -0.444 e. The summed E-state index contributed by atoms with van der Waals surface area (Å²) in [4.78, 5) is 58.9. The number of hydrogen-bond donors (Lipinski definition) is 1. The number of piperazine rings is 1. The maximum absolute atomic E-state index is 13.5. The molecule has 10 rings (SSSR count). The molecule has 0 radical (unpaired) electrons. The number of rotatable bonds is 5. The monoisotopic (exact) mass is 626 g/mol. The fourth-order valence-electron chi connectivity index (χ4n) is 9.30. The van der Waals surface area contributed by atoms with Crippen molar-refractivity contribution in [2.75, 3.05) is 32.5 Å². The van der Waals surface area contributed by atoms with Crippen LogP contribution in [0.2, 0.25) is 0 Å². The second kappa shape index (κ2) is 9.89. The van der Waals surface area contributed by atoms with Crippen LogP contribution in [0.25, 0.3) is 11.0 Å². The SMILES string of the molecule is CN(C)C(=O)c1cc2cnc(Nc3ccc(C(=O)N4CC5CCC(C4)N5C(=O)OC(C)(C)C)cn3)nc2n1C1CC23CCC1(C2)C3. The normalized spacial score (nSPS) is 29.2. The molecule has 2 aliphatic heterocycles. The number of carbonyl (C=O) groups is 3. The standard InChI is InChI=1S/C34H42N8O4/c1-32(2,3)46-31(45)41-22-7-8-23(41)17-40(16-22)28(43)20-6-9-26(35-14-20)37-30-36-15-21-12-24(29(44)39(4)5)42(27(21)38-30)25-13-33-10-11-34(25,18-33)19-33/h6,9,12,14-15,22-23,25H,7-8,10-11,13,16-19H2,1-5H3,(H,35,36,37,38). The van der Waals surface area contributed by atoms with E-state index in [9.17, 15) is 14.4 Å². The van der Waals surface area contributed by atoms with Crippen LogP contribution in [0, 0.1) is 10.8 Å². The Kier molecular flexibility index (Phi) is 6.28. The fourth-order valence-corrected chi connectivity index (χ4v) is 9.30. The minimum absolute atomic E-state index is 0.0254. The van der Waals surface area contributed by atoms with E-state index in [-0.39, 0.29) is 41.4 Å². The Hall–Kier alpha value is -4.22. The average molecular weight is 627 g/mol. The summed E-state index contributed by atoms with van der Waals surface area (Å²) >= 11 is 0. The average Bonchev–Trinajstić information content (AvgIpc) is 3.81. The Morgan fingerprint density at radius 1 is 1.02 bits per heavy atom. The van der Waals surface area contributed by atoms with Crippen LogP contribution >= 0.6 is 0 Å². The van der Waals surface area contributed by atoms with Crippen LogP contribution in [0.15, 0.2) is 30.6 Å². The first-order chi connectivity index (χ1) is 21.8. The zero-order valence-electron chi connectivity index (χ0n) is 27.2. The number of likely N-dealkylation sites (tertiary alicyclic amines) is 1. The van der Waals surface area contributed by atoms with Crippen LogP contribution in [0.1, 0.15) is 92.6 Å². The number of anilines is 2. The summed E-state index contributed by atoms with van der Waals surface area (Å²) in [6.45, 7) is 6.55. The van der Waals surface area contributed by atoms with E-state index in [2.05, 4.69) is 19.9 Å². The molecule has 2 saturated heterocycles. The number of hydrogen-bond acceptors (Lipinski definition) is 8. The van der Waals surface area contributed by atoms with Crippen molar-refractivity contribution >= 4 is 40.7 Å². The van der Waals surface area contributed by atoms with Gasteiger partial charge < -0.3 is 24.4 Å². The van der Waals surface area contributed by atoms with Crippen LogP contribution in [0.3, 0.4) is 0 Å². The number of pyridine rings is 1. The number of nitrogens with zero attached hydrogens (tertiary/aromatic N) is 7. The molecule has 3 atom stereocenters. The highest BCUT2D eigenvalue weighted by atomic mass is 16.6. The summed E-state index contributed by atoms with van der Waals surface area (Å²) in [6, 6.07) is 5.62. The van der Waals surface area contributed by atoms with Crippen molar-refractivity contribution in [2.24, 2.45) is 10.8 Å². The molecule has 46 heavy (non-hydrogen) atoms. The van der Waals surface area contributed by atoms with Gasteiger partial charge in [-0.05, 0) is 94.7 Å². The van der Waals surface area contributed by atoms with Crippen molar-refractivity contribution in [1.29, 1.82) is 0 Å². The van der Waals surface area contributed by atoms with Crippen molar-refractivity contribution in [1.82, 2.24) is 34.2 Å². The number of amides is 3. The van der Waals surface area contributed by atoms with Crippen molar-refractivity contribution < 1.29 is 19.1 Å². The van der Waals surface area contributed by atoms with E-state index in [1.165, 1.54) is 25.7 Å². The van der Waals surface area contributed by atoms with Crippen LogP contribution < -0.4 is 5.32 Å². The van der Waals surface area contributed by atoms with E-state index in [0.29, 0.717) is 41.5 Å². The lowest BCUT2D eigenvalue weighted by Gasteiger charge is -2.41. The quantitative estimate of drug-likeness (QED) is 0.420. The highest BCUT2D eigenvalue weighted by molar-refractivity contribution is 5.98. The largest absolute Gasteiger partial charge is 0.444 e. The third kappa shape index (κ3) is 4.54. The van der Waals surface area contributed by atoms with E-state index < -0.39 is 5.60 Å². The smallest absolute Gasteiger partial charge is 0.410 e. The predicted molar refractivity (Wildman–Crippen MR) is 171 cm³/mol. The van der Waals surface area contributed by atoms with E-state index in [1.54, 1.807) is 43.5 Å². The molecule has 5 aliphatic carbocycles. The molecule has 5 saturated carbocycles. The first-order valence-corrected chi connectivity index (χ1v) is 16.5. The van der Waals surface area contributed by atoms with Crippen molar-refractivity contribution in [3.63, 3.8) is 0 Å². The number of nitrogens with one attached hydrogen (secondary N) is 1. The Morgan fingerprint density at radius 2 is 1.76 bits per heavy atom. The minimum atomic E-state index is -0.560. The molecule has 7 fully saturated rings. The Bertz CT molecular complexity index is 1740. The van der Waals surface area contributed by atoms with Gasteiger partial charge in [-0.3, -0.25) is 14.5 Å². The molecule has 12 heteroatoms. The number of aromatic nitrogens is 4. The molecular weight excluding hydrogens is 584 g/mol. The number of carbonyl (C=O) groups excluding carboxylic acids is 3. The predicted octanol–water partition coefficient (Wildman–Crippen LogP) is 5.00. The topological polar surface area (TPSA) is 126 Å². The van der Waals surface area contributed by atoms with E-state index in [1.807, 2.05) is 36.6 Å².